The van der Waals surface area contributed by atoms with Crippen LogP contribution in [0.1, 0.15) is 39.7 Å². The van der Waals surface area contributed by atoms with Crippen LogP contribution in [0.3, 0.4) is 0 Å². The minimum Gasteiger partial charge on any atom is -0.0622 e. The topological polar surface area (TPSA) is 202 Å². The molecule has 12 aromatic rings. The largest absolute Gasteiger partial charge is 0.0622 e. The van der Waals surface area contributed by atoms with E-state index in [4.69, 9.17) is 52.6 Å². The summed E-state index contributed by atoms with van der Waals surface area (Å²) in [7, 11) is 6.97. The normalized spacial score (nSPS) is 10.3. The van der Waals surface area contributed by atoms with Gasteiger partial charge in [0.25, 0.3) is 0 Å². The predicted octanol–water partition coefficient (Wildman–Crippen LogP) is 13.5. The Balaban J connectivity index is 0.000000172. The van der Waals surface area contributed by atoms with E-state index in [0.717, 1.165) is 28.0 Å². The molecule has 0 unspecified atom stereocenters. The number of fused-ring (bicyclic) bond motifs is 2. The van der Waals surface area contributed by atoms with Crippen LogP contribution in [0.4, 0.5) is 0 Å². The van der Waals surface area contributed by atoms with Crippen molar-refractivity contribution >= 4 is 129 Å². The Hall–Kier alpha value is -7.75. The van der Waals surface area contributed by atoms with Crippen LogP contribution in [0, 0.1) is 13.8 Å². The van der Waals surface area contributed by atoms with Gasteiger partial charge < -0.3 is 37.9 Å². The van der Waals surface area contributed by atoms with Crippen LogP contribution in [0.15, 0.2) is 287 Å². The van der Waals surface area contributed by atoms with Gasteiger partial charge in [0.15, 0.2) is 0 Å². The third kappa shape index (κ3) is 19.6. The van der Waals surface area contributed by atoms with Gasteiger partial charge in [-0.25, -0.2) is 19.2 Å². The monoisotopic (exact) mass is 1380 g/mol. The Bertz CT molecular complexity index is 3860. The number of benzene rings is 8. The Morgan fingerprint density at radius 2 is 0.767 bits per heavy atom. The third-order valence-electron chi connectivity index (χ3n) is 12.0. The van der Waals surface area contributed by atoms with Crippen molar-refractivity contribution in [2.75, 3.05) is 0 Å². The van der Waals surface area contributed by atoms with E-state index in [1.165, 1.54) is 50.0 Å². The van der Waals surface area contributed by atoms with E-state index < -0.39 is 40.5 Å². The molecule has 0 amide bonds. The number of rotatable bonds is 10. The average Bonchev–Trinajstić information content (AvgIpc) is 3.94. The number of aromatic carboxylic acids is 2. The fourth-order valence-corrected chi connectivity index (χ4v) is 13.1. The van der Waals surface area contributed by atoms with Gasteiger partial charge in [-0.05, 0) is 137 Å². The van der Waals surface area contributed by atoms with Crippen molar-refractivity contribution in [3.05, 3.63) is 303 Å². The van der Waals surface area contributed by atoms with Crippen LogP contribution in [0.2, 0.25) is 0 Å². The van der Waals surface area contributed by atoms with Crippen LogP contribution in [0.25, 0.3) is 33.3 Å². The van der Waals surface area contributed by atoms with Gasteiger partial charge in [-0.1, -0.05) is 214 Å². The smallest absolute Gasteiger partial charge is 0.0134 e. The number of hydrogen-bond acceptors (Lipinski definition) is 10. The summed E-state index contributed by atoms with van der Waals surface area (Å²) in [6, 6.07) is 84.4. The van der Waals surface area contributed by atoms with Crippen LogP contribution >= 0.6 is 50.8 Å². The first kappa shape index (κ1) is 67.4. The van der Waals surface area contributed by atoms with E-state index in [2.05, 4.69) is 202 Å². The molecule has 0 fully saturated rings. The van der Waals surface area contributed by atoms with Crippen molar-refractivity contribution < 1.29 is 63.5 Å². The number of hydrogen-bond donors (Lipinski definition) is 4. The Morgan fingerprint density at radius 1 is 0.442 bits per heavy atom. The molecule has 0 saturated heterocycles. The molecule has 4 N–H and O–H groups in total. The minimum absolute atomic E-state index is 0. The van der Waals surface area contributed by atoms with Gasteiger partial charge in [-0.3, -0.25) is 0 Å². The van der Waals surface area contributed by atoms with Crippen LogP contribution in [0.5, 0.6) is 0 Å². The molecular formula is C67H56BBrCl2O12P2Pd. The SMILES string of the molecule is C.Cc1ccc2cc(-c3ccc(C(=O)O)o3)c(=O)oc2c1.Cc1ccc2cc(Br)c(=O)oc2c1.O=C(O)c1ccc(B(O)O)o1.[Cl][Pd][Cl].c1ccc(P(c2ccccc2)c2ccccc2)cc1.c1ccc(P(c2ccccc2)c2ccccc2)cc1. The zero-order chi connectivity index (χ0) is 60.7. The maximum absolute atomic E-state index is 11.9. The van der Waals surface area contributed by atoms with Gasteiger partial charge in [0.1, 0.15) is 32.6 Å². The summed E-state index contributed by atoms with van der Waals surface area (Å²) >= 11 is 3.02. The first-order chi connectivity index (χ1) is 41.1. The number of halogens is 3. The summed E-state index contributed by atoms with van der Waals surface area (Å²) in [5, 5.41) is 44.2. The summed E-state index contributed by atoms with van der Waals surface area (Å²) in [5.41, 5.74) is 2.32. The van der Waals surface area contributed by atoms with E-state index in [-0.39, 0.29) is 57.5 Å². The molecule has 0 spiro atoms. The zero-order valence-electron chi connectivity index (χ0n) is 45.2. The molecular weight excluding hydrogens is 1330 g/mol. The average molecular weight is 1380 g/mol. The quantitative estimate of drug-likeness (QED) is 0.0574. The number of carbonyl (C=O) groups is 2. The van der Waals surface area contributed by atoms with Crippen molar-refractivity contribution in [2.45, 2.75) is 21.3 Å². The first-order valence-electron chi connectivity index (χ1n) is 25.6. The molecule has 0 saturated carbocycles. The van der Waals surface area contributed by atoms with Crippen LogP contribution in [-0.4, -0.2) is 39.3 Å². The fourth-order valence-electron chi connectivity index (χ4n) is 8.14. The predicted molar refractivity (Wildman–Crippen MR) is 351 cm³/mol. The van der Waals surface area contributed by atoms with Crippen molar-refractivity contribution in [1.82, 2.24) is 0 Å². The summed E-state index contributed by atoms with van der Waals surface area (Å²) in [6.45, 7) is 3.86. The van der Waals surface area contributed by atoms with Crippen molar-refractivity contribution in [2.24, 2.45) is 0 Å². The molecule has 86 heavy (non-hydrogen) atoms. The molecule has 0 radical (unpaired) electrons. The number of aryl methyl sites for hydroxylation is 2. The second-order valence-electron chi connectivity index (χ2n) is 18.0. The van der Waals surface area contributed by atoms with E-state index >= 15 is 0 Å². The Labute approximate surface area is 524 Å². The molecule has 19 heteroatoms. The molecule has 440 valence electrons. The second kappa shape index (κ2) is 34.4. The molecule has 0 aliphatic carbocycles. The van der Waals surface area contributed by atoms with Crippen molar-refractivity contribution in [1.29, 1.82) is 0 Å². The summed E-state index contributed by atoms with van der Waals surface area (Å²) in [4.78, 5) is 44.0. The molecule has 0 atom stereocenters. The Kier molecular flexibility index (Phi) is 27.0. The summed E-state index contributed by atoms with van der Waals surface area (Å²) < 4.78 is 20.4. The molecule has 4 heterocycles. The van der Waals surface area contributed by atoms with E-state index in [9.17, 15) is 19.2 Å². The third-order valence-corrected chi connectivity index (χ3v) is 17.4. The minimum atomic E-state index is -1.76. The van der Waals surface area contributed by atoms with E-state index in [1.54, 1.807) is 18.2 Å². The van der Waals surface area contributed by atoms with Crippen LogP contribution < -0.4 is 48.7 Å². The maximum atomic E-state index is 11.9. The van der Waals surface area contributed by atoms with Gasteiger partial charge in [0.05, 0.1) is 0 Å². The molecule has 0 bridgehead atoms. The number of furan rings is 2. The summed E-state index contributed by atoms with van der Waals surface area (Å²) in [6.07, 6.45) is 0. The molecule has 0 aliphatic heterocycles. The molecule has 0 aliphatic rings. The summed E-state index contributed by atoms with van der Waals surface area (Å²) in [5.74, 6) is -2.77. The standard InChI is InChI=1S/2C18H15P.C15H10O5.C10H7BrO2.C5H5BO5.CH4.2ClH.Pd/c2*1-4-10-16(11-5-1)19(17-12-6-2-7-13-17)18-14-8-3-9-15-18;1-8-2-3-9-7-10(15(18)20-13(9)6-8)11-4-5-12(19-11)14(16)17;1-6-2-3-7-5-8(11)10(12)13-9(7)4-6;7-5(8)3-1-2-4(11-3)6(9)10;;;;/h2*1-15H;2-7H,1H3,(H,16,17);2-5H,1H3;1-2,9-10H,(H,7,8);1H4;2*1H;/q;;;;;;;;+2/p-2. The van der Waals surface area contributed by atoms with E-state index in [0.29, 0.717) is 15.6 Å². The number of carboxylic acids is 2. The van der Waals surface area contributed by atoms with Crippen molar-refractivity contribution in [3.63, 3.8) is 0 Å². The molecule has 12 rings (SSSR count). The zero-order valence-corrected chi connectivity index (χ0v) is 51.7. The maximum Gasteiger partial charge on any atom is -0.0134 e. The van der Waals surface area contributed by atoms with E-state index in [1.807, 2.05) is 44.2 Å². The second-order valence-corrected chi connectivity index (χ2v) is 25.6. The number of carboxylic acid groups (broad SMARTS) is 2. The van der Waals surface area contributed by atoms with Gasteiger partial charge in [-0.15, -0.1) is 0 Å². The van der Waals surface area contributed by atoms with Gasteiger partial charge in [0.2, 0.25) is 11.5 Å². The van der Waals surface area contributed by atoms with Gasteiger partial charge in [0, 0.05) is 10.8 Å². The van der Waals surface area contributed by atoms with Crippen molar-refractivity contribution in [3.8, 4) is 11.3 Å². The first-order valence-corrected chi connectivity index (χ1v) is 33.1. The molecule has 8 aromatic carbocycles. The molecule has 12 nitrogen and oxygen atoms in total. The van der Waals surface area contributed by atoms with Crippen LogP contribution in [-0.2, 0) is 15.9 Å². The van der Waals surface area contributed by atoms with Gasteiger partial charge >= 0.3 is 65.3 Å². The fraction of sp³-hybridized carbons (Fsp3) is 0.0448. The molecule has 4 aromatic heterocycles. The Morgan fingerprint density at radius 3 is 1.08 bits per heavy atom. The van der Waals surface area contributed by atoms with Gasteiger partial charge in [-0.2, -0.15) is 0 Å².